The van der Waals surface area contributed by atoms with Crippen molar-refractivity contribution in [1.82, 2.24) is 4.98 Å². The third-order valence-corrected chi connectivity index (χ3v) is 4.67. The molecular weight excluding hydrogens is 342 g/mol. The van der Waals surface area contributed by atoms with Gasteiger partial charge in [-0.05, 0) is 48.7 Å². The number of amides is 1. The predicted molar refractivity (Wildman–Crippen MR) is 96.4 cm³/mol. The van der Waals surface area contributed by atoms with Crippen molar-refractivity contribution in [1.29, 1.82) is 5.26 Å². The van der Waals surface area contributed by atoms with Gasteiger partial charge in [0.25, 0.3) is 5.91 Å². The zero-order valence-electron chi connectivity index (χ0n) is 12.7. The number of rotatable bonds is 3. The Bertz CT molecular complexity index is 945. The van der Waals surface area contributed by atoms with E-state index in [1.807, 2.05) is 29.6 Å². The second-order valence-corrected chi connectivity index (χ2v) is 6.42. The quantitative estimate of drug-likeness (QED) is 0.728. The molecule has 24 heavy (non-hydrogen) atoms. The number of nitrogens with zero attached hydrogens (tertiary/aromatic N) is 2. The normalized spacial score (nSPS) is 10.2. The Hall–Kier alpha value is -2.68. The van der Waals surface area contributed by atoms with Crippen molar-refractivity contribution in [2.45, 2.75) is 6.92 Å². The van der Waals surface area contributed by atoms with Crippen LogP contribution in [0.15, 0.2) is 47.8 Å². The van der Waals surface area contributed by atoms with Gasteiger partial charge in [-0.25, -0.2) is 0 Å². The largest absolute Gasteiger partial charge is 0.322 e. The van der Waals surface area contributed by atoms with Crippen molar-refractivity contribution in [3.63, 3.8) is 0 Å². The van der Waals surface area contributed by atoms with Gasteiger partial charge in [0.15, 0.2) is 0 Å². The highest BCUT2D eigenvalue weighted by Crippen LogP contribution is 2.24. The summed E-state index contributed by atoms with van der Waals surface area (Å²) in [7, 11) is 0. The summed E-state index contributed by atoms with van der Waals surface area (Å²) in [6.45, 7) is 1.80. The number of aromatic nitrogens is 1. The minimum absolute atomic E-state index is 0.274. The van der Waals surface area contributed by atoms with Crippen LogP contribution in [0.5, 0.6) is 0 Å². The SMILES string of the molecule is Cc1nc(-c2cccs2)ccc1C(=O)Nc1ccc(Cl)c(C#N)c1. The fourth-order valence-electron chi connectivity index (χ4n) is 2.25. The van der Waals surface area contributed by atoms with Crippen molar-refractivity contribution in [3.8, 4) is 16.6 Å². The van der Waals surface area contributed by atoms with E-state index in [2.05, 4.69) is 10.3 Å². The lowest BCUT2D eigenvalue weighted by atomic mass is 10.1. The highest BCUT2D eigenvalue weighted by molar-refractivity contribution is 7.13. The number of carbonyl (C=O) groups excluding carboxylic acids is 1. The van der Waals surface area contributed by atoms with Gasteiger partial charge in [-0.3, -0.25) is 9.78 Å². The molecule has 0 saturated carbocycles. The van der Waals surface area contributed by atoms with E-state index < -0.39 is 0 Å². The number of anilines is 1. The fraction of sp³-hybridized carbons (Fsp3) is 0.0556. The molecule has 0 aliphatic heterocycles. The maximum atomic E-state index is 12.5. The molecule has 3 rings (SSSR count). The van der Waals surface area contributed by atoms with E-state index in [-0.39, 0.29) is 5.91 Å². The second-order valence-electron chi connectivity index (χ2n) is 5.07. The van der Waals surface area contributed by atoms with Gasteiger partial charge in [-0.15, -0.1) is 11.3 Å². The van der Waals surface area contributed by atoms with Gasteiger partial charge in [-0.2, -0.15) is 5.26 Å². The maximum Gasteiger partial charge on any atom is 0.257 e. The molecule has 2 aromatic heterocycles. The third kappa shape index (κ3) is 3.30. The summed E-state index contributed by atoms with van der Waals surface area (Å²) < 4.78 is 0. The highest BCUT2D eigenvalue weighted by atomic mass is 35.5. The number of halogens is 1. The van der Waals surface area contributed by atoms with E-state index in [4.69, 9.17) is 16.9 Å². The van der Waals surface area contributed by atoms with E-state index >= 15 is 0 Å². The Labute approximate surface area is 148 Å². The molecule has 118 valence electrons. The Morgan fingerprint density at radius 1 is 1.29 bits per heavy atom. The zero-order chi connectivity index (χ0) is 17.1. The number of aryl methyl sites for hydroxylation is 1. The molecule has 1 aromatic carbocycles. The van der Waals surface area contributed by atoms with Gasteiger partial charge in [0.05, 0.1) is 32.4 Å². The lowest BCUT2D eigenvalue weighted by Crippen LogP contribution is -2.14. The van der Waals surface area contributed by atoms with Crippen LogP contribution in [0.25, 0.3) is 10.6 Å². The smallest absolute Gasteiger partial charge is 0.257 e. The molecule has 4 nitrogen and oxygen atoms in total. The molecule has 3 aromatic rings. The average molecular weight is 354 g/mol. The molecule has 0 aliphatic carbocycles. The first-order valence-electron chi connectivity index (χ1n) is 7.11. The first-order valence-corrected chi connectivity index (χ1v) is 8.37. The van der Waals surface area contributed by atoms with E-state index in [0.29, 0.717) is 27.5 Å². The summed E-state index contributed by atoms with van der Waals surface area (Å²) in [5, 5.41) is 14.1. The van der Waals surface area contributed by atoms with Crippen molar-refractivity contribution < 1.29 is 4.79 Å². The van der Waals surface area contributed by atoms with Crippen LogP contribution in [-0.4, -0.2) is 10.9 Å². The number of hydrogen-bond donors (Lipinski definition) is 1. The monoisotopic (exact) mass is 353 g/mol. The molecule has 0 spiro atoms. The van der Waals surface area contributed by atoms with Gasteiger partial charge in [0, 0.05) is 5.69 Å². The van der Waals surface area contributed by atoms with Crippen LogP contribution in [0, 0.1) is 18.3 Å². The lowest BCUT2D eigenvalue weighted by molar-refractivity contribution is 0.102. The summed E-state index contributed by atoms with van der Waals surface area (Å²) in [4.78, 5) is 18.0. The van der Waals surface area contributed by atoms with Gasteiger partial charge in [0.1, 0.15) is 6.07 Å². The minimum atomic E-state index is -0.274. The first kappa shape index (κ1) is 16.2. The Morgan fingerprint density at radius 3 is 2.79 bits per heavy atom. The van der Waals surface area contributed by atoms with Crippen LogP contribution in [-0.2, 0) is 0 Å². The molecule has 0 bridgehead atoms. The zero-order valence-corrected chi connectivity index (χ0v) is 14.3. The van der Waals surface area contributed by atoms with Crippen LogP contribution in [0.3, 0.4) is 0 Å². The summed E-state index contributed by atoms with van der Waals surface area (Å²) in [5.41, 5.74) is 2.81. The Morgan fingerprint density at radius 2 is 2.12 bits per heavy atom. The summed E-state index contributed by atoms with van der Waals surface area (Å²) in [6.07, 6.45) is 0. The Kier molecular flexibility index (Phi) is 4.61. The van der Waals surface area contributed by atoms with Crippen molar-refractivity contribution >= 4 is 34.5 Å². The van der Waals surface area contributed by atoms with Crippen LogP contribution in [0.1, 0.15) is 21.6 Å². The highest BCUT2D eigenvalue weighted by Gasteiger charge is 2.13. The molecule has 1 N–H and O–H groups in total. The predicted octanol–water partition coefficient (Wildman–Crippen LogP) is 4.90. The molecule has 0 saturated heterocycles. The summed E-state index contributed by atoms with van der Waals surface area (Å²) in [6, 6.07) is 14.3. The molecule has 1 amide bonds. The number of pyridine rings is 1. The van der Waals surface area contributed by atoms with E-state index in [0.717, 1.165) is 10.6 Å². The lowest BCUT2D eigenvalue weighted by Gasteiger charge is -2.09. The molecule has 0 radical (unpaired) electrons. The van der Waals surface area contributed by atoms with Crippen molar-refractivity contribution in [2.24, 2.45) is 0 Å². The number of hydrogen-bond acceptors (Lipinski definition) is 4. The van der Waals surface area contributed by atoms with Gasteiger partial charge < -0.3 is 5.32 Å². The molecule has 0 aliphatic rings. The number of nitrogens with one attached hydrogen (secondary N) is 1. The van der Waals surface area contributed by atoms with Gasteiger partial charge in [-0.1, -0.05) is 17.7 Å². The molecule has 0 fully saturated rings. The van der Waals surface area contributed by atoms with Crippen LogP contribution in [0.4, 0.5) is 5.69 Å². The number of benzene rings is 1. The molecular formula is C18H12ClN3OS. The molecule has 0 unspecified atom stereocenters. The maximum absolute atomic E-state index is 12.5. The van der Waals surface area contributed by atoms with Crippen LogP contribution >= 0.6 is 22.9 Å². The van der Waals surface area contributed by atoms with Crippen molar-refractivity contribution in [3.05, 3.63) is 69.7 Å². The fourth-order valence-corrected chi connectivity index (χ4v) is 3.10. The van der Waals surface area contributed by atoms with Gasteiger partial charge in [0.2, 0.25) is 0 Å². The van der Waals surface area contributed by atoms with E-state index in [1.165, 1.54) is 0 Å². The Balaban J connectivity index is 1.84. The topological polar surface area (TPSA) is 65.8 Å². The third-order valence-electron chi connectivity index (χ3n) is 3.45. The van der Waals surface area contributed by atoms with Crippen LogP contribution in [0.2, 0.25) is 5.02 Å². The van der Waals surface area contributed by atoms with Gasteiger partial charge >= 0.3 is 0 Å². The standard InChI is InChI=1S/C18H12ClN3OS/c1-11-14(5-7-16(21-11)17-3-2-8-24-17)18(23)22-13-4-6-15(19)12(9-13)10-20/h2-9H,1H3,(H,22,23). The molecule has 0 atom stereocenters. The average Bonchev–Trinajstić information content (AvgIpc) is 3.11. The number of thiophene rings is 1. The van der Waals surface area contributed by atoms with Crippen molar-refractivity contribution in [2.75, 3.05) is 5.32 Å². The second kappa shape index (κ2) is 6.83. The summed E-state index contributed by atoms with van der Waals surface area (Å²) in [5.74, 6) is -0.274. The number of carbonyl (C=O) groups is 1. The van der Waals surface area contributed by atoms with E-state index in [9.17, 15) is 4.79 Å². The molecule has 2 heterocycles. The minimum Gasteiger partial charge on any atom is -0.322 e. The number of nitriles is 1. The van der Waals surface area contributed by atoms with Crippen LogP contribution < -0.4 is 5.32 Å². The molecule has 6 heteroatoms. The van der Waals surface area contributed by atoms with E-state index in [1.54, 1.807) is 42.5 Å². The summed E-state index contributed by atoms with van der Waals surface area (Å²) >= 11 is 7.50. The first-order chi connectivity index (χ1) is 11.6.